The number of unbranched alkanes of at least 4 members (excludes halogenated alkanes) is 3. The van der Waals surface area contributed by atoms with E-state index in [-0.39, 0.29) is 17.1 Å². The molecular weight excluding hydrogens is 518 g/mol. The van der Waals surface area contributed by atoms with Crippen molar-refractivity contribution in [1.29, 1.82) is 0 Å². The fourth-order valence-electron chi connectivity index (χ4n) is 3.87. The van der Waals surface area contributed by atoms with Gasteiger partial charge < -0.3 is 19.3 Å². The number of phenolic OH excluding ortho intramolecular Hbond substituents is 1. The van der Waals surface area contributed by atoms with Gasteiger partial charge in [0.25, 0.3) is 0 Å². The summed E-state index contributed by atoms with van der Waals surface area (Å²) in [5.74, 6) is 0.153. The minimum Gasteiger partial charge on any atom is -0.507 e. The Morgan fingerprint density at radius 2 is 1.32 bits per heavy atom. The van der Waals surface area contributed by atoms with Crippen molar-refractivity contribution in [2.24, 2.45) is 4.99 Å². The Morgan fingerprint density at radius 3 is 1.95 bits per heavy atom. The molecule has 7 heteroatoms. The van der Waals surface area contributed by atoms with Crippen molar-refractivity contribution in [2.45, 2.75) is 39.5 Å². The zero-order chi connectivity index (χ0) is 29.0. The summed E-state index contributed by atoms with van der Waals surface area (Å²) in [7, 11) is 0. The van der Waals surface area contributed by atoms with E-state index in [1.807, 2.05) is 31.2 Å². The second kappa shape index (κ2) is 14.5. The summed E-state index contributed by atoms with van der Waals surface area (Å²) in [5.41, 5.74) is 2.92. The Hall–Kier alpha value is -4.91. The number of aromatic hydroxyl groups is 1. The van der Waals surface area contributed by atoms with E-state index < -0.39 is 11.9 Å². The van der Waals surface area contributed by atoms with Crippen LogP contribution in [-0.2, 0) is 0 Å². The van der Waals surface area contributed by atoms with Crippen molar-refractivity contribution >= 4 is 23.8 Å². The number of ether oxygens (including phenoxy) is 3. The molecule has 1 N–H and O–H groups in total. The molecule has 0 aliphatic rings. The van der Waals surface area contributed by atoms with Crippen molar-refractivity contribution in [3.05, 3.63) is 113 Å². The van der Waals surface area contributed by atoms with Gasteiger partial charge in [-0.15, -0.1) is 0 Å². The summed E-state index contributed by atoms with van der Waals surface area (Å²) in [6.45, 7) is 4.80. The Morgan fingerprint density at radius 1 is 0.732 bits per heavy atom. The summed E-state index contributed by atoms with van der Waals surface area (Å²) in [6.07, 6.45) is 6.02. The first-order valence-corrected chi connectivity index (χ1v) is 13.6. The highest BCUT2D eigenvalue weighted by Crippen LogP contribution is 2.24. The van der Waals surface area contributed by atoms with E-state index >= 15 is 0 Å². The molecule has 0 radical (unpaired) electrons. The van der Waals surface area contributed by atoms with E-state index in [0.29, 0.717) is 29.2 Å². The number of hydrogen-bond acceptors (Lipinski definition) is 7. The van der Waals surface area contributed by atoms with Crippen molar-refractivity contribution in [3.63, 3.8) is 0 Å². The number of nitrogens with zero attached hydrogens (tertiary/aromatic N) is 1. The van der Waals surface area contributed by atoms with Gasteiger partial charge in [0, 0.05) is 11.8 Å². The highest BCUT2D eigenvalue weighted by molar-refractivity contribution is 5.93. The van der Waals surface area contributed by atoms with E-state index in [9.17, 15) is 14.7 Å². The number of aliphatic imine (C=N–C) groups is 1. The first kappa shape index (κ1) is 29.1. The van der Waals surface area contributed by atoms with Crippen LogP contribution in [0.25, 0.3) is 0 Å². The quantitative estimate of drug-likeness (QED) is 0.0834. The Balaban J connectivity index is 1.31. The maximum Gasteiger partial charge on any atom is 0.343 e. The summed E-state index contributed by atoms with van der Waals surface area (Å²) in [6, 6.07) is 25.0. The van der Waals surface area contributed by atoms with Crippen molar-refractivity contribution in [2.75, 3.05) is 6.61 Å². The molecule has 0 saturated heterocycles. The molecule has 0 bridgehead atoms. The topological polar surface area (TPSA) is 94.4 Å². The third-order valence-corrected chi connectivity index (χ3v) is 6.25. The minimum atomic E-state index is -0.597. The maximum atomic E-state index is 12.7. The molecule has 0 amide bonds. The fourth-order valence-corrected chi connectivity index (χ4v) is 3.87. The molecule has 0 saturated carbocycles. The monoisotopic (exact) mass is 551 g/mol. The van der Waals surface area contributed by atoms with E-state index in [0.717, 1.165) is 24.1 Å². The van der Waals surface area contributed by atoms with Gasteiger partial charge in [0.15, 0.2) is 0 Å². The van der Waals surface area contributed by atoms with Crippen molar-refractivity contribution < 1.29 is 28.9 Å². The van der Waals surface area contributed by atoms with Crippen LogP contribution in [0.3, 0.4) is 0 Å². The Labute approximate surface area is 240 Å². The highest BCUT2D eigenvalue weighted by atomic mass is 16.5. The number of aryl methyl sites for hydroxylation is 1. The van der Waals surface area contributed by atoms with E-state index in [1.165, 1.54) is 61.5 Å². The molecule has 41 heavy (non-hydrogen) atoms. The van der Waals surface area contributed by atoms with Crippen LogP contribution in [0.2, 0.25) is 0 Å². The number of carbonyl (C=O) groups excluding carboxylic acids is 2. The summed E-state index contributed by atoms with van der Waals surface area (Å²) >= 11 is 0. The number of phenols is 1. The number of esters is 2. The standard InChI is InChI=1S/C34H33NO6/c1-3-4-5-6-21-39-29-15-9-25(10-16-29)33(37)40-30-17-11-26(12-18-30)34(38)41-31-19-20-32(36)27(22-31)23-35-28-13-7-24(2)8-14-28/h7-20,22-23,36H,3-6,21H2,1-2H3. The van der Waals surface area contributed by atoms with Crippen molar-refractivity contribution in [1.82, 2.24) is 0 Å². The molecular formula is C34H33NO6. The number of rotatable bonds is 12. The lowest BCUT2D eigenvalue weighted by molar-refractivity contribution is 0.0730. The molecule has 0 aliphatic heterocycles. The minimum absolute atomic E-state index is 0.0106. The van der Waals surface area contributed by atoms with Gasteiger partial charge in [-0.3, -0.25) is 4.99 Å². The van der Waals surface area contributed by atoms with Crippen LogP contribution in [0.15, 0.2) is 96.0 Å². The van der Waals surface area contributed by atoms with Gasteiger partial charge in [0.05, 0.1) is 23.4 Å². The molecule has 0 spiro atoms. The van der Waals surface area contributed by atoms with Crippen molar-refractivity contribution in [3.8, 4) is 23.0 Å². The van der Waals surface area contributed by atoms with E-state index in [4.69, 9.17) is 14.2 Å². The van der Waals surface area contributed by atoms with Crippen LogP contribution >= 0.6 is 0 Å². The first-order chi connectivity index (χ1) is 19.9. The summed E-state index contributed by atoms with van der Waals surface area (Å²) in [4.78, 5) is 29.6. The molecule has 0 heterocycles. The largest absolute Gasteiger partial charge is 0.507 e. The van der Waals surface area contributed by atoms with Crippen LogP contribution in [-0.4, -0.2) is 29.9 Å². The Kier molecular flexibility index (Phi) is 10.3. The van der Waals surface area contributed by atoms with Gasteiger partial charge in [0.1, 0.15) is 23.0 Å². The Bertz CT molecular complexity index is 1480. The van der Waals surface area contributed by atoms with Crippen LogP contribution < -0.4 is 14.2 Å². The van der Waals surface area contributed by atoms with Gasteiger partial charge in [0.2, 0.25) is 0 Å². The molecule has 0 atom stereocenters. The lowest BCUT2D eigenvalue weighted by Crippen LogP contribution is -2.10. The number of benzene rings is 4. The molecule has 7 nitrogen and oxygen atoms in total. The highest BCUT2D eigenvalue weighted by Gasteiger charge is 2.13. The predicted octanol–water partition coefficient (Wildman–Crippen LogP) is 7.85. The lowest BCUT2D eigenvalue weighted by atomic mass is 10.2. The van der Waals surface area contributed by atoms with Gasteiger partial charge in [-0.2, -0.15) is 0 Å². The normalized spacial score (nSPS) is 10.9. The van der Waals surface area contributed by atoms with Crippen LogP contribution in [0.5, 0.6) is 23.0 Å². The van der Waals surface area contributed by atoms with Crippen LogP contribution in [0.1, 0.15) is 64.4 Å². The molecule has 0 aromatic heterocycles. The molecule has 210 valence electrons. The molecule has 0 fully saturated rings. The average molecular weight is 552 g/mol. The zero-order valence-electron chi connectivity index (χ0n) is 23.2. The predicted molar refractivity (Wildman–Crippen MR) is 159 cm³/mol. The van der Waals surface area contributed by atoms with Gasteiger partial charge in [-0.1, -0.05) is 43.9 Å². The third-order valence-electron chi connectivity index (χ3n) is 6.25. The SMILES string of the molecule is CCCCCCOc1ccc(C(=O)Oc2ccc(C(=O)Oc3ccc(O)c(C=Nc4ccc(C)cc4)c3)cc2)cc1. The average Bonchev–Trinajstić information content (AvgIpc) is 2.98. The molecule has 0 unspecified atom stereocenters. The lowest BCUT2D eigenvalue weighted by Gasteiger charge is -2.09. The summed E-state index contributed by atoms with van der Waals surface area (Å²) < 4.78 is 16.6. The molecule has 0 aliphatic carbocycles. The summed E-state index contributed by atoms with van der Waals surface area (Å²) in [5, 5.41) is 10.2. The van der Waals surface area contributed by atoms with E-state index in [2.05, 4.69) is 11.9 Å². The zero-order valence-corrected chi connectivity index (χ0v) is 23.2. The van der Waals surface area contributed by atoms with Crippen LogP contribution in [0, 0.1) is 6.92 Å². The maximum absolute atomic E-state index is 12.7. The van der Waals surface area contributed by atoms with Gasteiger partial charge in [-0.25, -0.2) is 9.59 Å². The second-order valence-corrected chi connectivity index (χ2v) is 9.55. The number of carbonyl (C=O) groups is 2. The first-order valence-electron chi connectivity index (χ1n) is 13.6. The van der Waals surface area contributed by atoms with Gasteiger partial charge >= 0.3 is 11.9 Å². The molecule has 4 aromatic rings. The number of hydrogen-bond donors (Lipinski definition) is 1. The van der Waals surface area contributed by atoms with E-state index in [1.54, 1.807) is 24.3 Å². The third kappa shape index (κ3) is 8.80. The van der Waals surface area contributed by atoms with Crippen LogP contribution in [0.4, 0.5) is 5.69 Å². The smallest absolute Gasteiger partial charge is 0.343 e. The molecule has 4 aromatic carbocycles. The molecule has 4 rings (SSSR count). The fraction of sp³-hybridized carbons (Fsp3) is 0.206. The van der Waals surface area contributed by atoms with Gasteiger partial charge in [-0.05, 0) is 92.2 Å². The second-order valence-electron chi connectivity index (χ2n) is 9.55.